The lowest BCUT2D eigenvalue weighted by atomic mass is 10.0. The van der Waals surface area contributed by atoms with E-state index < -0.39 is 18.1 Å². The minimum atomic E-state index is -1.23. The predicted octanol–water partition coefficient (Wildman–Crippen LogP) is 2.94. The number of nitriles is 2. The second kappa shape index (κ2) is 9.97. The van der Waals surface area contributed by atoms with Crippen LogP contribution in [-0.4, -0.2) is 41.2 Å². The van der Waals surface area contributed by atoms with E-state index in [0.29, 0.717) is 47.7 Å². The van der Waals surface area contributed by atoms with Crippen LogP contribution in [0.3, 0.4) is 0 Å². The highest BCUT2D eigenvalue weighted by Gasteiger charge is 2.30. The number of hydrogen-bond donors (Lipinski definition) is 2. The highest BCUT2D eigenvalue weighted by Crippen LogP contribution is 2.25. The average molecular weight is 455 g/mol. The van der Waals surface area contributed by atoms with Gasteiger partial charge in [0.05, 0.1) is 41.0 Å². The highest BCUT2D eigenvalue weighted by molar-refractivity contribution is 5.98. The zero-order valence-corrected chi connectivity index (χ0v) is 18.3. The average Bonchev–Trinajstić information content (AvgIpc) is 2.85. The summed E-state index contributed by atoms with van der Waals surface area (Å²) in [6.45, 7) is 0.684. The fourth-order valence-corrected chi connectivity index (χ4v) is 3.99. The third-order valence-corrected chi connectivity index (χ3v) is 5.75. The second-order valence-electron chi connectivity index (χ2n) is 8.09. The smallest absolute Gasteiger partial charge is 0.252 e. The summed E-state index contributed by atoms with van der Waals surface area (Å²) in [7, 11) is 0. The van der Waals surface area contributed by atoms with Gasteiger partial charge < -0.3 is 16.0 Å². The van der Waals surface area contributed by atoms with E-state index in [2.05, 4.69) is 21.4 Å². The Morgan fingerprint density at radius 2 is 1.97 bits per heavy atom. The third-order valence-electron chi connectivity index (χ3n) is 5.75. The number of alkyl halides is 1. The van der Waals surface area contributed by atoms with Crippen LogP contribution in [0.5, 0.6) is 0 Å². The molecule has 34 heavy (non-hydrogen) atoms. The van der Waals surface area contributed by atoms with E-state index in [1.54, 1.807) is 36.4 Å². The van der Waals surface area contributed by atoms with E-state index in [1.807, 2.05) is 17.0 Å². The van der Waals surface area contributed by atoms with Crippen molar-refractivity contribution in [1.29, 1.82) is 10.5 Å². The van der Waals surface area contributed by atoms with Crippen LogP contribution in [-0.2, 0) is 6.42 Å². The van der Waals surface area contributed by atoms with Crippen LogP contribution in [0, 0.1) is 22.7 Å². The molecule has 0 spiro atoms. The number of rotatable bonds is 6. The number of amides is 1. The van der Waals surface area contributed by atoms with Crippen LogP contribution in [0.25, 0.3) is 0 Å². The van der Waals surface area contributed by atoms with E-state index in [0.717, 1.165) is 5.56 Å². The number of benzene rings is 1. The van der Waals surface area contributed by atoms with E-state index in [9.17, 15) is 4.79 Å². The molecule has 3 heterocycles. The monoisotopic (exact) mass is 455 g/mol. The largest absolute Gasteiger partial charge is 0.378 e. The number of carbonyl (C=O) groups is 1. The molecule has 1 fully saturated rings. The van der Waals surface area contributed by atoms with Gasteiger partial charge in [-0.2, -0.15) is 10.5 Å². The van der Waals surface area contributed by atoms with Crippen LogP contribution in [0.15, 0.2) is 54.9 Å². The molecule has 170 valence electrons. The van der Waals surface area contributed by atoms with E-state index in [4.69, 9.17) is 16.3 Å². The fourth-order valence-electron chi connectivity index (χ4n) is 3.99. The molecule has 1 saturated heterocycles. The van der Waals surface area contributed by atoms with Gasteiger partial charge in [0.25, 0.3) is 5.91 Å². The summed E-state index contributed by atoms with van der Waals surface area (Å²) >= 11 is 0. The number of aromatic nitrogens is 2. The van der Waals surface area contributed by atoms with Gasteiger partial charge in [-0.1, -0.05) is 12.1 Å². The Morgan fingerprint density at radius 3 is 2.65 bits per heavy atom. The molecular formula is C25H22FN7O. The summed E-state index contributed by atoms with van der Waals surface area (Å²) in [4.78, 5) is 22.4. The number of halogens is 1. The van der Waals surface area contributed by atoms with Gasteiger partial charge in [0.2, 0.25) is 0 Å². The lowest BCUT2D eigenvalue weighted by molar-refractivity contribution is 0.100. The minimum absolute atomic E-state index is 0.126. The van der Waals surface area contributed by atoms with Crippen LogP contribution < -0.4 is 16.0 Å². The molecule has 4 rings (SSSR count). The minimum Gasteiger partial charge on any atom is -0.378 e. The fraction of sp³-hybridized carbons (Fsp3) is 0.240. The molecule has 1 aliphatic heterocycles. The number of hydrogen-bond acceptors (Lipinski definition) is 7. The molecule has 0 saturated carbocycles. The third kappa shape index (κ3) is 5.11. The van der Waals surface area contributed by atoms with Crippen molar-refractivity contribution >= 4 is 17.4 Å². The first-order chi connectivity index (χ1) is 16.5. The number of primary amides is 1. The number of carbonyl (C=O) groups excluding carboxylic acids is 1. The van der Waals surface area contributed by atoms with Crippen molar-refractivity contribution in [3.8, 4) is 12.1 Å². The Hall–Kier alpha value is -4.50. The molecule has 9 heteroatoms. The molecule has 1 aromatic carbocycles. The van der Waals surface area contributed by atoms with E-state index in [1.165, 1.54) is 12.4 Å². The maximum absolute atomic E-state index is 15.1. The second-order valence-corrected chi connectivity index (χ2v) is 8.09. The SMILES string of the molecule is N#Cc1ccc(N2CC[C@@H](Nc3cc(Cc4cccc(C#N)c4)ncc3C(N)=O)[C@@H](F)C2)nc1. The predicted molar refractivity (Wildman–Crippen MR) is 125 cm³/mol. The van der Waals surface area contributed by atoms with Crippen molar-refractivity contribution < 1.29 is 9.18 Å². The molecule has 1 aliphatic rings. The topological polar surface area (TPSA) is 132 Å². The lowest BCUT2D eigenvalue weighted by Crippen LogP contribution is -2.48. The standard InChI is InChI=1S/C25H22FN7O/c26-21-15-33(24-5-4-18(12-28)13-31-24)7-6-22(21)32-23-10-19(30-14-20(23)25(29)34)9-16-2-1-3-17(8-16)11-27/h1-5,8,10,13-14,21-22H,6-7,9,15H2,(H2,29,34)(H,30,32)/t21-,22+/m0/s1. The Bertz CT molecular complexity index is 1280. The van der Waals surface area contributed by atoms with Crippen molar-refractivity contribution in [1.82, 2.24) is 9.97 Å². The van der Waals surface area contributed by atoms with Gasteiger partial charge in [0.15, 0.2) is 0 Å². The molecule has 2 aromatic heterocycles. The van der Waals surface area contributed by atoms with Crippen molar-refractivity contribution in [2.75, 3.05) is 23.3 Å². The number of piperidine rings is 1. The van der Waals surface area contributed by atoms with Crippen molar-refractivity contribution in [2.45, 2.75) is 25.1 Å². The lowest BCUT2D eigenvalue weighted by Gasteiger charge is -2.36. The zero-order valence-electron chi connectivity index (χ0n) is 18.3. The Balaban J connectivity index is 1.49. The van der Waals surface area contributed by atoms with Gasteiger partial charge in [-0.05, 0) is 42.3 Å². The van der Waals surface area contributed by atoms with Gasteiger partial charge in [-0.3, -0.25) is 9.78 Å². The van der Waals surface area contributed by atoms with Crippen LogP contribution in [0.2, 0.25) is 0 Å². The number of pyridine rings is 2. The zero-order chi connectivity index (χ0) is 24.1. The molecule has 8 nitrogen and oxygen atoms in total. The summed E-state index contributed by atoms with van der Waals surface area (Å²) in [6, 6.07) is 15.9. The number of anilines is 2. The molecule has 0 bridgehead atoms. The number of nitrogens with zero attached hydrogens (tertiary/aromatic N) is 5. The normalized spacial score (nSPS) is 17.4. The summed E-state index contributed by atoms with van der Waals surface area (Å²) < 4.78 is 15.1. The molecule has 3 aromatic rings. The summed E-state index contributed by atoms with van der Waals surface area (Å²) in [5.74, 6) is -0.0358. The summed E-state index contributed by atoms with van der Waals surface area (Å²) in [5, 5.41) is 21.2. The van der Waals surface area contributed by atoms with E-state index in [-0.39, 0.29) is 12.1 Å². The van der Waals surface area contributed by atoms with Gasteiger partial charge >= 0.3 is 0 Å². The number of nitrogens with two attached hydrogens (primary N) is 1. The quantitative estimate of drug-likeness (QED) is 0.584. The van der Waals surface area contributed by atoms with Crippen molar-refractivity contribution in [3.05, 3.63) is 82.8 Å². The molecule has 1 amide bonds. The van der Waals surface area contributed by atoms with Crippen LogP contribution in [0.1, 0.15) is 39.2 Å². The van der Waals surface area contributed by atoms with Gasteiger partial charge in [-0.25, -0.2) is 9.37 Å². The highest BCUT2D eigenvalue weighted by atomic mass is 19.1. The summed E-state index contributed by atoms with van der Waals surface area (Å²) in [5.41, 5.74) is 8.72. The van der Waals surface area contributed by atoms with Crippen molar-refractivity contribution in [2.24, 2.45) is 5.73 Å². The van der Waals surface area contributed by atoms with Gasteiger partial charge in [0.1, 0.15) is 18.1 Å². The molecule has 2 atom stereocenters. The maximum atomic E-state index is 15.1. The Labute approximate surface area is 196 Å². The first kappa shape index (κ1) is 22.7. The van der Waals surface area contributed by atoms with Gasteiger partial charge in [-0.15, -0.1) is 0 Å². The molecule has 0 unspecified atom stereocenters. The number of nitrogens with one attached hydrogen (secondary N) is 1. The first-order valence-electron chi connectivity index (χ1n) is 10.8. The van der Waals surface area contributed by atoms with Crippen LogP contribution >= 0.6 is 0 Å². The Kier molecular flexibility index (Phi) is 6.65. The molecule has 0 radical (unpaired) electrons. The first-order valence-corrected chi connectivity index (χ1v) is 10.8. The van der Waals surface area contributed by atoms with Crippen LogP contribution in [0.4, 0.5) is 15.9 Å². The Morgan fingerprint density at radius 1 is 1.15 bits per heavy atom. The van der Waals surface area contributed by atoms with Crippen molar-refractivity contribution in [3.63, 3.8) is 0 Å². The van der Waals surface area contributed by atoms with E-state index >= 15 is 4.39 Å². The van der Waals surface area contributed by atoms with Gasteiger partial charge in [0, 0.05) is 31.1 Å². The molecular weight excluding hydrogens is 433 g/mol. The maximum Gasteiger partial charge on any atom is 0.252 e. The molecule has 0 aliphatic carbocycles. The molecule has 3 N–H and O–H groups in total. The summed E-state index contributed by atoms with van der Waals surface area (Å²) in [6.07, 6.45) is 2.57.